The van der Waals surface area contributed by atoms with Gasteiger partial charge in [0, 0.05) is 31.3 Å². The molecule has 3 N–H and O–H groups in total. The van der Waals surface area contributed by atoms with Gasteiger partial charge in [0.2, 0.25) is 5.95 Å². The van der Waals surface area contributed by atoms with Crippen LogP contribution in [-0.4, -0.2) is 34.3 Å². The van der Waals surface area contributed by atoms with Crippen molar-refractivity contribution in [2.75, 3.05) is 23.8 Å². The predicted molar refractivity (Wildman–Crippen MR) is 80.4 cm³/mol. The van der Waals surface area contributed by atoms with Crippen LogP contribution in [0.25, 0.3) is 0 Å². The lowest BCUT2D eigenvalue weighted by atomic mass is 10.1. The number of rotatable bonds is 6. The average Bonchev–Trinajstić information content (AvgIpc) is 2.87. The van der Waals surface area contributed by atoms with Crippen LogP contribution in [0, 0.1) is 5.92 Å². The van der Waals surface area contributed by atoms with Crippen LogP contribution in [0.4, 0.5) is 11.8 Å². The molecule has 1 saturated carbocycles. The first kappa shape index (κ1) is 14.5. The molecule has 2 atom stereocenters. The van der Waals surface area contributed by atoms with Gasteiger partial charge in [0.15, 0.2) is 0 Å². The lowest BCUT2D eigenvalue weighted by molar-refractivity contribution is 0.222. The van der Waals surface area contributed by atoms with Gasteiger partial charge in [-0.1, -0.05) is 13.3 Å². The number of anilines is 2. The van der Waals surface area contributed by atoms with E-state index in [0.29, 0.717) is 17.9 Å². The van der Waals surface area contributed by atoms with E-state index < -0.39 is 0 Å². The van der Waals surface area contributed by atoms with Gasteiger partial charge in [-0.2, -0.15) is 4.98 Å². The molecule has 1 aromatic heterocycles. The molecular weight excluding hydrogens is 308 g/mol. The molecule has 106 valence electrons. The number of halogens is 1. The van der Waals surface area contributed by atoms with Crippen molar-refractivity contribution < 1.29 is 5.11 Å². The Morgan fingerprint density at radius 3 is 3.05 bits per heavy atom. The molecule has 1 fully saturated rings. The maximum atomic E-state index is 9.36. The van der Waals surface area contributed by atoms with Crippen LogP contribution in [0.1, 0.15) is 32.6 Å². The van der Waals surface area contributed by atoms with E-state index >= 15 is 0 Å². The number of hydrogen-bond donors (Lipinski definition) is 3. The zero-order chi connectivity index (χ0) is 13.7. The minimum absolute atomic E-state index is 0.237. The molecule has 1 aromatic rings. The maximum absolute atomic E-state index is 9.36. The molecule has 2 rings (SSSR count). The highest BCUT2D eigenvalue weighted by molar-refractivity contribution is 9.10. The summed E-state index contributed by atoms with van der Waals surface area (Å²) in [6, 6.07) is 0.301. The van der Waals surface area contributed by atoms with E-state index in [1.54, 1.807) is 6.20 Å². The van der Waals surface area contributed by atoms with Gasteiger partial charge in [-0.3, -0.25) is 0 Å². The highest BCUT2D eigenvalue weighted by Crippen LogP contribution is 2.30. The van der Waals surface area contributed by atoms with Crippen molar-refractivity contribution in [1.29, 1.82) is 0 Å². The van der Waals surface area contributed by atoms with Crippen molar-refractivity contribution in [3.63, 3.8) is 0 Å². The highest BCUT2D eigenvalue weighted by atomic mass is 79.9. The van der Waals surface area contributed by atoms with Crippen molar-refractivity contribution in [3.8, 4) is 0 Å². The molecule has 0 amide bonds. The van der Waals surface area contributed by atoms with Crippen LogP contribution in [-0.2, 0) is 0 Å². The Balaban J connectivity index is 2.05. The second-order valence-electron chi connectivity index (χ2n) is 4.94. The van der Waals surface area contributed by atoms with Crippen LogP contribution in [0.3, 0.4) is 0 Å². The first-order valence-corrected chi connectivity index (χ1v) is 7.67. The fourth-order valence-electron chi connectivity index (χ4n) is 2.41. The lowest BCUT2D eigenvalue weighted by Crippen LogP contribution is -2.27. The Hall–Kier alpha value is -0.880. The van der Waals surface area contributed by atoms with Crippen LogP contribution < -0.4 is 10.6 Å². The van der Waals surface area contributed by atoms with Gasteiger partial charge in [-0.25, -0.2) is 4.98 Å². The number of aromatic nitrogens is 2. The molecule has 6 heteroatoms. The van der Waals surface area contributed by atoms with Gasteiger partial charge in [0.05, 0.1) is 4.47 Å². The van der Waals surface area contributed by atoms with Crippen molar-refractivity contribution in [1.82, 2.24) is 9.97 Å². The van der Waals surface area contributed by atoms with Crippen LogP contribution in [0.2, 0.25) is 0 Å². The summed E-state index contributed by atoms with van der Waals surface area (Å²) in [5, 5.41) is 16.0. The lowest BCUT2D eigenvalue weighted by Gasteiger charge is -2.20. The molecule has 0 radical (unpaired) electrons. The van der Waals surface area contributed by atoms with Gasteiger partial charge in [-0.05, 0) is 35.2 Å². The summed E-state index contributed by atoms with van der Waals surface area (Å²) in [6.45, 7) is 3.21. The fraction of sp³-hybridized carbons (Fsp3) is 0.692. The van der Waals surface area contributed by atoms with Crippen LogP contribution >= 0.6 is 15.9 Å². The molecule has 2 unspecified atom stereocenters. The van der Waals surface area contributed by atoms with E-state index in [2.05, 4.69) is 43.5 Å². The van der Waals surface area contributed by atoms with Crippen molar-refractivity contribution >= 4 is 27.7 Å². The Kier molecular flexibility index (Phi) is 5.39. The number of nitrogens with one attached hydrogen (secondary N) is 2. The number of nitrogens with zero attached hydrogens (tertiary/aromatic N) is 2. The molecule has 1 heterocycles. The molecular formula is C13H21BrN4O. The quantitative estimate of drug-likeness (QED) is 0.748. The average molecular weight is 329 g/mol. The topological polar surface area (TPSA) is 70.1 Å². The zero-order valence-corrected chi connectivity index (χ0v) is 12.8. The molecule has 0 spiro atoms. The SMILES string of the molecule is CCCNc1ncc(Br)c(NC2CCCC2CO)n1. The second kappa shape index (κ2) is 7.05. The molecule has 0 aromatic carbocycles. The largest absolute Gasteiger partial charge is 0.396 e. The first-order chi connectivity index (χ1) is 9.24. The number of aliphatic hydroxyl groups is 1. The van der Waals surface area contributed by atoms with Gasteiger partial charge >= 0.3 is 0 Å². The van der Waals surface area contributed by atoms with E-state index in [9.17, 15) is 5.11 Å². The normalized spacial score (nSPS) is 22.5. The first-order valence-electron chi connectivity index (χ1n) is 6.88. The number of hydrogen-bond acceptors (Lipinski definition) is 5. The Bertz CT molecular complexity index is 416. The summed E-state index contributed by atoms with van der Waals surface area (Å²) in [7, 11) is 0. The fourth-order valence-corrected chi connectivity index (χ4v) is 2.72. The van der Waals surface area contributed by atoms with Gasteiger partial charge in [0.25, 0.3) is 0 Å². The van der Waals surface area contributed by atoms with Gasteiger partial charge < -0.3 is 15.7 Å². The third-order valence-corrected chi connectivity index (χ3v) is 4.07. The highest BCUT2D eigenvalue weighted by Gasteiger charge is 2.27. The maximum Gasteiger partial charge on any atom is 0.224 e. The minimum Gasteiger partial charge on any atom is -0.396 e. The Labute approximate surface area is 122 Å². The third kappa shape index (κ3) is 3.79. The van der Waals surface area contributed by atoms with E-state index in [4.69, 9.17) is 0 Å². The predicted octanol–water partition coefficient (Wildman–Crippen LogP) is 2.63. The Morgan fingerprint density at radius 2 is 2.32 bits per heavy atom. The Morgan fingerprint density at radius 1 is 1.47 bits per heavy atom. The molecule has 5 nitrogen and oxygen atoms in total. The third-order valence-electron chi connectivity index (χ3n) is 3.49. The molecule has 0 saturated heterocycles. The summed E-state index contributed by atoms with van der Waals surface area (Å²) in [6.07, 6.45) is 6.12. The molecule has 1 aliphatic carbocycles. The molecule has 19 heavy (non-hydrogen) atoms. The standard InChI is InChI=1S/C13H21BrN4O/c1-2-6-15-13-16-7-10(14)12(18-13)17-11-5-3-4-9(11)8-19/h7,9,11,19H,2-6,8H2,1H3,(H2,15,16,17,18). The monoisotopic (exact) mass is 328 g/mol. The zero-order valence-electron chi connectivity index (χ0n) is 11.2. The van der Waals surface area contributed by atoms with E-state index in [0.717, 1.165) is 42.5 Å². The van der Waals surface area contributed by atoms with Crippen molar-refractivity contribution in [2.24, 2.45) is 5.92 Å². The van der Waals surface area contributed by atoms with E-state index in [1.807, 2.05) is 0 Å². The summed E-state index contributed by atoms with van der Waals surface area (Å²) in [4.78, 5) is 8.71. The van der Waals surface area contributed by atoms with Crippen molar-refractivity contribution in [2.45, 2.75) is 38.6 Å². The van der Waals surface area contributed by atoms with Crippen molar-refractivity contribution in [3.05, 3.63) is 10.7 Å². The van der Waals surface area contributed by atoms with E-state index in [-0.39, 0.29) is 6.61 Å². The molecule has 0 bridgehead atoms. The van der Waals surface area contributed by atoms with Crippen LogP contribution in [0.15, 0.2) is 10.7 Å². The smallest absolute Gasteiger partial charge is 0.224 e. The summed E-state index contributed by atoms with van der Waals surface area (Å²) in [5.74, 6) is 1.78. The van der Waals surface area contributed by atoms with Gasteiger partial charge in [0.1, 0.15) is 5.82 Å². The summed E-state index contributed by atoms with van der Waals surface area (Å²) < 4.78 is 0.859. The summed E-state index contributed by atoms with van der Waals surface area (Å²) in [5.41, 5.74) is 0. The number of aliphatic hydroxyl groups excluding tert-OH is 1. The minimum atomic E-state index is 0.237. The summed E-state index contributed by atoms with van der Waals surface area (Å²) >= 11 is 3.47. The van der Waals surface area contributed by atoms with E-state index in [1.165, 1.54) is 0 Å². The van der Waals surface area contributed by atoms with Gasteiger partial charge in [-0.15, -0.1) is 0 Å². The molecule has 1 aliphatic rings. The molecule has 0 aliphatic heterocycles. The second-order valence-corrected chi connectivity index (χ2v) is 5.80. The van der Waals surface area contributed by atoms with Crippen LogP contribution in [0.5, 0.6) is 0 Å².